The second-order valence-electron chi connectivity index (χ2n) is 2.28. The van der Waals surface area contributed by atoms with Gasteiger partial charge >= 0.3 is 17.6 Å². The third-order valence-corrected chi connectivity index (χ3v) is 1.37. The van der Waals surface area contributed by atoms with Crippen LogP contribution in [0.5, 0.6) is 11.8 Å². The standard InChI is InChI=1S/C5N6O5/c6-1-2-4(9-15-7-2)14-5-3(11(12)13)8-16-10-5. The van der Waals surface area contributed by atoms with Gasteiger partial charge in [-0.2, -0.15) is 5.26 Å². The van der Waals surface area contributed by atoms with Gasteiger partial charge in [0.25, 0.3) is 0 Å². The Morgan fingerprint density at radius 1 is 1.25 bits per heavy atom. The summed E-state index contributed by atoms with van der Waals surface area (Å²) >= 11 is 0. The number of aromatic nitrogens is 4. The molecule has 0 aliphatic carbocycles. The van der Waals surface area contributed by atoms with Crippen molar-refractivity contribution in [1.82, 2.24) is 20.6 Å². The van der Waals surface area contributed by atoms with Crippen molar-refractivity contribution in [2.75, 3.05) is 0 Å². The smallest absolute Gasteiger partial charge is 0.405 e. The van der Waals surface area contributed by atoms with Gasteiger partial charge < -0.3 is 14.9 Å². The van der Waals surface area contributed by atoms with Gasteiger partial charge in [0.2, 0.25) is 5.69 Å². The van der Waals surface area contributed by atoms with E-state index in [1.807, 2.05) is 0 Å². The van der Waals surface area contributed by atoms with Gasteiger partial charge in [-0.15, -0.1) is 4.63 Å². The minimum atomic E-state index is -0.870. The Bertz CT molecular complexity index is 566. The topological polar surface area (TPSA) is 154 Å². The molecular weight excluding hydrogens is 224 g/mol. The predicted octanol–water partition coefficient (Wildman–Crippen LogP) is 0.0248. The van der Waals surface area contributed by atoms with E-state index < -0.39 is 16.6 Å². The Balaban J connectivity index is 2.31. The average Bonchev–Trinajstić information content (AvgIpc) is 2.86. The fourth-order valence-corrected chi connectivity index (χ4v) is 0.759. The van der Waals surface area contributed by atoms with E-state index in [1.165, 1.54) is 0 Å². The third-order valence-electron chi connectivity index (χ3n) is 1.37. The van der Waals surface area contributed by atoms with Crippen molar-refractivity contribution in [1.29, 1.82) is 5.26 Å². The molecule has 0 atom stereocenters. The molecule has 0 spiro atoms. The fourth-order valence-electron chi connectivity index (χ4n) is 0.759. The fraction of sp³-hybridized carbons (Fsp3) is 0. The van der Waals surface area contributed by atoms with E-state index in [0.717, 1.165) is 0 Å². The summed E-state index contributed by atoms with van der Waals surface area (Å²) in [5.41, 5.74) is -0.280. The van der Waals surface area contributed by atoms with Crippen molar-refractivity contribution in [2.24, 2.45) is 0 Å². The Morgan fingerprint density at radius 3 is 2.62 bits per heavy atom. The summed E-state index contributed by atoms with van der Waals surface area (Å²) in [6.45, 7) is 0. The van der Waals surface area contributed by atoms with Crippen LogP contribution in [-0.4, -0.2) is 25.5 Å². The highest BCUT2D eigenvalue weighted by molar-refractivity contribution is 5.36. The van der Waals surface area contributed by atoms with Crippen molar-refractivity contribution in [3.63, 3.8) is 0 Å². The summed E-state index contributed by atoms with van der Waals surface area (Å²) < 4.78 is 13.1. The Kier molecular flexibility index (Phi) is 2.15. The molecule has 2 rings (SSSR count). The molecule has 11 nitrogen and oxygen atoms in total. The van der Waals surface area contributed by atoms with Crippen LogP contribution in [0.1, 0.15) is 5.69 Å². The van der Waals surface area contributed by atoms with Gasteiger partial charge in [-0.3, -0.25) is 0 Å². The molecule has 0 aliphatic heterocycles. The summed E-state index contributed by atoms with van der Waals surface area (Å²) in [5, 5.41) is 31.4. The molecule has 11 heteroatoms. The zero-order chi connectivity index (χ0) is 11.5. The number of rotatable bonds is 3. The van der Waals surface area contributed by atoms with E-state index in [1.54, 1.807) is 6.07 Å². The van der Waals surface area contributed by atoms with E-state index in [-0.39, 0.29) is 11.6 Å². The Labute approximate surface area is 85.3 Å². The van der Waals surface area contributed by atoms with Crippen LogP contribution in [0.4, 0.5) is 5.82 Å². The highest BCUT2D eigenvalue weighted by Crippen LogP contribution is 2.27. The molecule has 0 N–H and O–H groups in total. The average molecular weight is 224 g/mol. The molecule has 0 aromatic carbocycles. The molecule has 2 heterocycles. The number of hydrogen-bond acceptors (Lipinski definition) is 10. The summed E-state index contributed by atoms with van der Waals surface area (Å²) in [6, 6.07) is 1.60. The molecule has 16 heavy (non-hydrogen) atoms. The Hall–Kier alpha value is -3.03. The molecule has 0 bridgehead atoms. The maximum Gasteiger partial charge on any atom is 0.478 e. The number of nitriles is 1. The van der Waals surface area contributed by atoms with Crippen molar-refractivity contribution >= 4 is 5.82 Å². The van der Waals surface area contributed by atoms with Crippen LogP contribution >= 0.6 is 0 Å². The molecule has 0 aliphatic rings. The summed E-state index contributed by atoms with van der Waals surface area (Å²) in [7, 11) is 0. The van der Waals surface area contributed by atoms with Crippen molar-refractivity contribution in [3.05, 3.63) is 15.8 Å². The molecule has 0 saturated carbocycles. The summed E-state index contributed by atoms with van der Waals surface area (Å²) in [5.74, 6) is -1.65. The van der Waals surface area contributed by atoms with Gasteiger partial charge in [0.15, 0.2) is 5.16 Å². The van der Waals surface area contributed by atoms with Gasteiger partial charge in [-0.05, 0) is 15.2 Å². The van der Waals surface area contributed by atoms with E-state index in [9.17, 15) is 10.1 Å². The highest BCUT2D eigenvalue weighted by atomic mass is 16.7. The van der Waals surface area contributed by atoms with Crippen molar-refractivity contribution < 1.29 is 18.9 Å². The molecule has 2 aromatic rings. The van der Waals surface area contributed by atoms with Crippen LogP contribution in [0.2, 0.25) is 0 Å². The first-order chi connectivity index (χ1) is 7.72. The van der Waals surface area contributed by atoms with Crippen LogP contribution in [-0.2, 0) is 0 Å². The first-order valence-electron chi connectivity index (χ1n) is 3.60. The van der Waals surface area contributed by atoms with Gasteiger partial charge in [-0.1, -0.05) is 0 Å². The van der Waals surface area contributed by atoms with Crippen LogP contribution < -0.4 is 4.74 Å². The molecule has 0 radical (unpaired) electrons. The first kappa shape index (κ1) is 9.52. The van der Waals surface area contributed by atoms with Crippen LogP contribution in [0.3, 0.4) is 0 Å². The van der Waals surface area contributed by atoms with Crippen LogP contribution in [0.15, 0.2) is 9.26 Å². The van der Waals surface area contributed by atoms with Gasteiger partial charge in [0.1, 0.15) is 6.07 Å². The van der Waals surface area contributed by atoms with Gasteiger partial charge in [0.05, 0.1) is 0 Å². The lowest BCUT2D eigenvalue weighted by molar-refractivity contribution is -0.391. The monoisotopic (exact) mass is 224 g/mol. The van der Waals surface area contributed by atoms with Crippen LogP contribution in [0.25, 0.3) is 0 Å². The van der Waals surface area contributed by atoms with E-state index in [4.69, 9.17) is 10.00 Å². The van der Waals surface area contributed by atoms with Crippen LogP contribution in [0, 0.1) is 21.4 Å². The maximum atomic E-state index is 10.4. The summed E-state index contributed by atoms with van der Waals surface area (Å²) in [6.07, 6.45) is 0. The normalized spacial score (nSPS) is 9.69. The summed E-state index contributed by atoms with van der Waals surface area (Å²) in [4.78, 5) is 9.53. The largest absolute Gasteiger partial charge is 0.478 e. The molecule has 0 saturated heterocycles. The molecule has 0 fully saturated rings. The molecule has 2 aromatic heterocycles. The minimum Gasteiger partial charge on any atom is -0.405 e. The van der Waals surface area contributed by atoms with Crippen molar-refractivity contribution in [2.45, 2.75) is 0 Å². The lowest BCUT2D eigenvalue weighted by Crippen LogP contribution is -1.93. The number of hydrogen-bond donors (Lipinski definition) is 0. The third kappa shape index (κ3) is 1.50. The maximum absolute atomic E-state index is 10.4. The zero-order valence-electron chi connectivity index (χ0n) is 7.22. The second-order valence-corrected chi connectivity index (χ2v) is 2.28. The first-order valence-corrected chi connectivity index (χ1v) is 3.60. The lowest BCUT2D eigenvalue weighted by Gasteiger charge is -1.92. The Morgan fingerprint density at radius 2 is 1.94 bits per heavy atom. The zero-order valence-corrected chi connectivity index (χ0v) is 7.22. The molecular formula is C5N6O5. The number of ether oxygens (including phenoxy) is 1. The van der Waals surface area contributed by atoms with E-state index in [0.29, 0.717) is 0 Å². The van der Waals surface area contributed by atoms with E-state index in [2.05, 4.69) is 29.9 Å². The molecule has 80 valence electrons. The predicted molar refractivity (Wildman–Crippen MR) is 40.0 cm³/mol. The SMILES string of the molecule is N#Cc1nonc1Oc1nonc1[N+](=O)[O-]. The van der Waals surface area contributed by atoms with E-state index >= 15 is 0 Å². The van der Waals surface area contributed by atoms with Gasteiger partial charge in [0, 0.05) is 5.16 Å². The number of nitro groups is 1. The lowest BCUT2D eigenvalue weighted by atomic mass is 10.5. The second kappa shape index (κ2) is 3.61. The molecule has 0 amide bonds. The molecule has 0 unspecified atom stereocenters. The minimum absolute atomic E-state index is 0.280. The van der Waals surface area contributed by atoms with Gasteiger partial charge in [-0.25, -0.2) is 4.63 Å². The van der Waals surface area contributed by atoms with Crippen molar-refractivity contribution in [3.8, 4) is 17.8 Å². The highest BCUT2D eigenvalue weighted by Gasteiger charge is 2.27. The quantitative estimate of drug-likeness (QED) is 0.514. The number of nitrogens with zero attached hydrogens (tertiary/aromatic N) is 6.